The number of rotatable bonds is 6. The van der Waals surface area contributed by atoms with E-state index in [2.05, 4.69) is 29.4 Å². The van der Waals surface area contributed by atoms with Crippen LogP contribution in [0, 0.1) is 5.92 Å². The number of nitrogens with one attached hydrogen (secondary N) is 1. The van der Waals surface area contributed by atoms with E-state index in [-0.39, 0.29) is 0 Å². The molecular formula is C15H24N2O. The molecule has 2 rings (SSSR count). The third-order valence-corrected chi connectivity index (χ3v) is 3.70. The van der Waals surface area contributed by atoms with Crippen LogP contribution in [-0.4, -0.2) is 30.8 Å². The van der Waals surface area contributed by atoms with E-state index in [4.69, 9.17) is 4.74 Å². The summed E-state index contributed by atoms with van der Waals surface area (Å²) in [4.78, 5) is 4.09. The third kappa shape index (κ3) is 4.07. The smallest absolute Gasteiger partial charge is 0.0469 e. The van der Waals surface area contributed by atoms with Gasteiger partial charge in [-0.2, -0.15) is 0 Å². The second-order valence-corrected chi connectivity index (χ2v) is 5.07. The van der Waals surface area contributed by atoms with Crippen molar-refractivity contribution in [3.8, 4) is 0 Å². The molecule has 0 saturated carbocycles. The Morgan fingerprint density at radius 1 is 1.33 bits per heavy atom. The van der Waals surface area contributed by atoms with Crippen molar-refractivity contribution in [2.24, 2.45) is 5.92 Å². The van der Waals surface area contributed by atoms with Crippen LogP contribution in [0.5, 0.6) is 0 Å². The minimum atomic E-state index is 0.580. The van der Waals surface area contributed by atoms with Gasteiger partial charge < -0.3 is 10.1 Å². The van der Waals surface area contributed by atoms with E-state index >= 15 is 0 Å². The highest BCUT2D eigenvalue weighted by molar-refractivity contribution is 5.11. The Balaban J connectivity index is 1.95. The Morgan fingerprint density at radius 3 is 2.72 bits per heavy atom. The first-order valence-electron chi connectivity index (χ1n) is 7.10. The van der Waals surface area contributed by atoms with Crippen molar-refractivity contribution in [3.05, 3.63) is 30.1 Å². The summed E-state index contributed by atoms with van der Waals surface area (Å²) >= 11 is 0. The average molecular weight is 248 g/mol. The molecule has 18 heavy (non-hydrogen) atoms. The van der Waals surface area contributed by atoms with Gasteiger partial charge in [0, 0.05) is 31.6 Å². The van der Waals surface area contributed by atoms with Crippen molar-refractivity contribution >= 4 is 0 Å². The number of aromatic nitrogens is 1. The summed E-state index contributed by atoms with van der Waals surface area (Å²) in [7, 11) is 0. The van der Waals surface area contributed by atoms with Gasteiger partial charge >= 0.3 is 0 Å². The summed E-state index contributed by atoms with van der Waals surface area (Å²) in [6, 6.07) is 4.83. The van der Waals surface area contributed by atoms with Crippen molar-refractivity contribution in [1.82, 2.24) is 10.3 Å². The van der Waals surface area contributed by atoms with Crippen LogP contribution in [0.15, 0.2) is 24.5 Å². The normalized spacial score (nSPS) is 18.7. The van der Waals surface area contributed by atoms with Gasteiger partial charge in [-0.05, 0) is 55.8 Å². The molecule has 1 atom stereocenters. The molecule has 1 aromatic heterocycles. The zero-order valence-electron chi connectivity index (χ0n) is 11.3. The second-order valence-electron chi connectivity index (χ2n) is 5.07. The fourth-order valence-corrected chi connectivity index (χ4v) is 2.63. The summed E-state index contributed by atoms with van der Waals surface area (Å²) in [5, 5.41) is 3.71. The van der Waals surface area contributed by atoms with Crippen LogP contribution in [-0.2, 0) is 11.2 Å². The van der Waals surface area contributed by atoms with Gasteiger partial charge in [-0.25, -0.2) is 0 Å². The molecule has 2 heterocycles. The molecule has 1 unspecified atom stereocenters. The summed E-state index contributed by atoms with van der Waals surface area (Å²) in [6.45, 7) is 5.17. The highest BCUT2D eigenvalue weighted by atomic mass is 16.5. The molecule has 0 aromatic carbocycles. The molecule has 1 aromatic rings. The van der Waals surface area contributed by atoms with Crippen LogP contribution in [0.25, 0.3) is 0 Å². The number of ether oxygens (including phenoxy) is 1. The molecule has 3 heteroatoms. The maximum absolute atomic E-state index is 5.47. The lowest BCUT2D eigenvalue weighted by atomic mass is 9.88. The predicted molar refractivity (Wildman–Crippen MR) is 73.6 cm³/mol. The molecule has 0 bridgehead atoms. The van der Waals surface area contributed by atoms with Gasteiger partial charge in [-0.1, -0.05) is 6.92 Å². The largest absolute Gasteiger partial charge is 0.381 e. The zero-order valence-corrected chi connectivity index (χ0v) is 11.3. The third-order valence-electron chi connectivity index (χ3n) is 3.70. The van der Waals surface area contributed by atoms with Gasteiger partial charge in [0.25, 0.3) is 0 Å². The van der Waals surface area contributed by atoms with Crippen molar-refractivity contribution in [2.45, 2.75) is 38.6 Å². The Kier molecular flexibility index (Phi) is 5.62. The van der Waals surface area contributed by atoms with Gasteiger partial charge in [0.1, 0.15) is 0 Å². The van der Waals surface area contributed by atoms with Gasteiger partial charge in [-0.3, -0.25) is 4.98 Å². The molecule has 0 aliphatic carbocycles. The maximum Gasteiger partial charge on any atom is 0.0469 e. The van der Waals surface area contributed by atoms with Crippen LogP contribution in [0.4, 0.5) is 0 Å². The SMILES string of the molecule is CCCNC(Cc1ccncc1)C1CCOCC1. The first kappa shape index (κ1) is 13.5. The van der Waals surface area contributed by atoms with Crippen molar-refractivity contribution in [2.75, 3.05) is 19.8 Å². The predicted octanol–water partition coefficient (Wildman–Crippen LogP) is 2.42. The molecule has 0 spiro atoms. The summed E-state index contributed by atoms with van der Waals surface area (Å²) in [5.41, 5.74) is 1.38. The van der Waals surface area contributed by atoms with E-state index in [9.17, 15) is 0 Å². The maximum atomic E-state index is 5.47. The molecule has 1 N–H and O–H groups in total. The highest BCUT2D eigenvalue weighted by Crippen LogP contribution is 2.21. The van der Waals surface area contributed by atoms with Crippen molar-refractivity contribution in [3.63, 3.8) is 0 Å². The van der Waals surface area contributed by atoms with Gasteiger partial charge in [0.15, 0.2) is 0 Å². The Hall–Kier alpha value is -0.930. The summed E-state index contributed by atoms with van der Waals surface area (Å²) in [6.07, 6.45) is 8.44. The Bertz CT molecular complexity index is 323. The Morgan fingerprint density at radius 2 is 2.06 bits per heavy atom. The fraction of sp³-hybridized carbons (Fsp3) is 0.667. The lowest BCUT2D eigenvalue weighted by molar-refractivity contribution is 0.0538. The fourth-order valence-electron chi connectivity index (χ4n) is 2.63. The van der Waals surface area contributed by atoms with E-state index < -0.39 is 0 Å². The van der Waals surface area contributed by atoms with E-state index in [1.165, 1.54) is 24.8 Å². The van der Waals surface area contributed by atoms with Crippen LogP contribution >= 0.6 is 0 Å². The molecule has 1 aliphatic rings. The van der Waals surface area contributed by atoms with Gasteiger partial charge in [-0.15, -0.1) is 0 Å². The zero-order chi connectivity index (χ0) is 12.6. The second kappa shape index (κ2) is 7.49. The van der Waals surface area contributed by atoms with Crippen LogP contribution in [0.1, 0.15) is 31.7 Å². The van der Waals surface area contributed by atoms with E-state index in [1.54, 1.807) is 0 Å². The first-order valence-corrected chi connectivity index (χ1v) is 7.10. The molecule has 1 saturated heterocycles. The monoisotopic (exact) mass is 248 g/mol. The minimum Gasteiger partial charge on any atom is -0.381 e. The molecule has 3 nitrogen and oxygen atoms in total. The van der Waals surface area contributed by atoms with Gasteiger partial charge in [0.2, 0.25) is 0 Å². The molecule has 0 radical (unpaired) electrons. The van der Waals surface area contributed by atoms with Crippen molar-refractivity contribution < 1.29 is 4.74 Å². The number of nitrogens with zero attached hydrogens (tertiary/aromatic N) is 1. The number of pyridine rings is 1. The van der Waals surface area contributed by atoms with Crippen LogP contribution < -0.4 is 5.32 Å². The average Bonchev–Trinajstić information content (AvgIpc) is 2.45. The molecule has 1 fully saturated rings. The van der Waals surface area contributed by atoms with E-state index in [0.717, 1.165) is 32.1 Å². The molecule has 0 amide bonds. The topological polar surface area (TPSA) is 34.2 Å². The lowest BCUT2D eigenvalue weighted by Gasteiger charge is -2.31. The highest BCUT2D eigenvalue weighted by Gasteiger charge is 2.23. The van der Waals surface area contributed by atoms with E-state index in [0.29, 0.717) is 6.04 Å². The molecule has 1 aliphatic heterocycles. The van der Waals surface area contributed by atoms with Crippen LogP contribution in [0.3, 0.4) is 0 Å². The van der Waals surface area contributed by atoms with Gasteiger partial charge in [0.05, 0.1) is 0 Å². The molecular weight excluding hydrogens is 224 g/mol. The minimum absolute atomic E-state index is 0.580. The quantitative estimate of drug-likeness (QED) is 0.839. The summed E-state index contributed by atoms with van der Waals surface area (Å²) < 4.78 is 5.47. The standard InChI is InChI=1S/C15H24N2O/c1-2-7-17-15(14-5-10-18-11-6-14)12-13-3-8-16-9-4-13/h3-4,8-9,14-15,17H,2,5-7,10-12H2,1H3. The van der Waals surface area contributed by atoms with Crippen molar-refractivity contribution in [1.29, 1.82) is 0 Å². The number of hydrogen-bond donors (Lipinski definition) is 1. The Labute approximate surface area is 110 Å². The first-order chi connectivity index (χ1) is 8.90. The van der Waals surface area contributed by atoms with Crippen LogP contribution in [0.2, 0.25) is 0 Å². The van der Waals surface area contributed by atoms with E-state index in [1.807, 2.05) is 12.4 Å². The lowest BCUT2D eigenvalue weighted by Crippen LogP contribution is -2.41. The molecule has 100 valence electrons. The summed E-state index contributed by atoms with van der Waals surface area (Å²) in [5.74, 6) is 0.749. The number of hydrogen-bond acceptors (Lipinski definition) is 3.